The molecule has 0 radical (unpaired) electrons. The fourth-order valence-electron chi connectivity index (χ4n) is 2.67. The van der Waals surface area contributed by atoms with E-state index in [-0.39, 0.29) is 6.61 Å². The summed E-state index contributed by atoms with van der Waals surface area (Å²) in [6.07, 6.45) is 5.39. The van der Waals surface area contributed by atoms with Crippen LogP contribution in [-0.2, 0) is 24.1 Å². The summed E-state index contributed by atoms with van der Waals surface area (Å²) in [6.45, 7) is 1.94. The van der Waals surface area contributed by atoms with Gasteiger partial charge in [0.25, 0.3) is 0 Å². The minimum absolute atomic E-state index is 0.250. The summed E-state index contributed by atoms with van der Waals surface area (Å²) in [4.78, 5) is 4.57. The van der Waals surface area contributed by atoms with Crippen LogP contribution in [0.2, 0.25) is 0 Å². The van der Waals surface area contributed by atoms with Crippen LogP contribution in [0.1, 0.15) is 30.9 Å². The fraction of sp³-hybridized carbons (Fsp3) is 0.833. The molecule has 94 valence electrons. The van der Waals surface area contributed by atoms with Crippen molar-refractivity contribution in [2.75, 3.05) is 13.2 Å². The molecule has 1 saturated heterocycles. The Balaban J connectivity index is 1.69. The zero-order valence-corrected chi connectivity index (χ0v) is 10.0. The number of rotatable bonds is 3. The van der Waals surface area contributed by atoms with E-state index in [0.717, 1.165) is 56.9 Å². The van der Waals surface area contributed by atoms with Crippen molar-refractivity contribution in [2.24, 2.45) is 5.92 Å². The standard InChI is InChI=1S/C12H19N3O2/c16-8-9-3-4-12-13-11(14-15(12)7-9)6-10-2-1-5-17-10/h9-10,16H,1-8H2. The molecule has 2 atom stereocenters. The molecule has 3 rings (SSSR count). The van der Waals surface area contributed by atoms with Crippen LogP contribution in [0.5, 0.6) is 0 Å². The molecule has 0 saturated carbocycles. The van der Waals surface area contributed by atoms with Gasteiger partial charge in [-0.3, -0.25) is 0 Å². The fourth-order valence-corrected chi connectivity index (χ4v) is 2.67. The number of aromatic nitrogens is 3. The number of fused-ring (bicyclic) bond motifs is 1. The first-order chi connectivity index (χ1) is 8.35. The van der Waals surface area contributed by atoms with E-state index >= 15 is 0 Å². The molecule has 1 aromatic rings. The lowest BCUT2D eigenvalue weighted by molar-refractivity contribution is 0.109. The topological polar surface area (TPSA) is 60.2 Å². The Labute approximate surface area is 101 Å². The number of aliphatic hydroxyl groups excluding tert-OH is 1. The van der Waals surface area contributed by atoms with Gasteiger partial charge in [-0.05, 0) is 19.3 Å². The largest absolute Gasteiger partial charge is 0.396 e. The van der Waals surface area contributed by atoms with Crippen molar-refractivity contribution in [3.63, 3.8) is 0 Å². The summed E-state index contributed by atoms with van der Waals surface area (Å²) in [6, 6.07) is 0. The van der Waals surface area contributed by atoms with Crippen molar-refractivity contribution in [1.29, 1.82) is 0 Å². The van der Waals surface area contributed by atoms with Crippen LogP contribution in [0.15, 0.2) is 0 Å². The van der Waals surface area contributed by atoms with Crippen LogP contribution in [0.25, 0.3) is 0 Å². The molecule has 0 aromatic carbocycles. The molecule has 0 aliphatic carbocycles. The zero-order valence-electron chi connectivity index (χ0n) is 10.0. The van der Waals surface area contributed by atoms with Crippen LogP contribution < -0.4 is 0 Å². The lowest BCUT2D eigenvalue weighted by Crippen LogP contribution is -2.23. The number of aryl methyl sites for hydroxylation is 1. The monoisotopic (exact) mass is 237 g/mol. The number of ether oxygens (including phenoxy) is 1. The molecule has 5 heteroatoms. The third-order valence-electron chi connectivity index (χ3n) is 3.69. The Morgan fingerprint density at radius 3 is 3.12 bits per heavy atom. The van der Waals surface area contributed by atoms with E-state index in [1.54, 1.807) is 0 Å². The van der Waals surface area contributed by atoms with Gasteiger partial charge in [0.05, 0.1) is 6.10 Å². The maximum Gasteiger partial charge on any atom is 0.153 e. The number of aliphatic hydroxyl groups is 1. The number of nitrogens with zero attached hydrogens (tertiary/aromatic N) is 3. The maximum atomic E-state index is 9.17. The average molecular weight is 237 g/mol. The van der Waals surface area contributed by atoms with Gasteiger partial charge in [-0.2, -0.15) is 5.10 Å². The Morgan fingerprint density at radius 2 is 2.35 bits per heavy atom. The second kappa shape index (κ2) is 4.74. The minimum atomic E-state index is 0.250. The second-order valence-corrected chi connectivity index (χ2v) is 5.05. The zero-order chi connectivity index (χ0) is 11.7. The van der Waals surface area contributed by atoms with Gasteiger partial charge in [-0.25, -0.2) is 9.67 Å². The smallest absolute Gasteiger partial charge is 0.153 e. The molecule has 2 aliphatic heterocycles. The highest BCUT2D eigenvalue weighted by atomic mass is 16.5. The highest BCUT2D eigenvalue weighted by Crippen LogP contribution is 2.20. The molecule has 0 bridgehead atoms. The molecule has 1 aromatic heterocycles. The first kappa shape index (κ1) is 11.2. The Kier molecular flexibility index (Phi) is 3.11. The van der Waals surface area contributed by atoms with Crippen molar-refractivity contribution >= 4 is 0 Å². The molecule has 0 spiro atoms. The predicted octanol–water partition coefficient (Wildman–Crippen LogP) is 0.554. The Morgan fingerprint density at radius 1 is 1.41 bits per heavy atom. The molecule has 3 heterocycles. The molecule has 2 unspecified atom stereocenters. The average Bonchev–Trinajstić information content (AvgIpc) is 2.96. The van der Waals surface area contributed by atoms with Crippen molar-refractivity contribution in [3.8, 4) is 0 Å². The minimum Gasteiger partial charge on any atom is -0.396 e. The number of hydrogen-bond donors (Lipinski definition) is 1. The highest BCUT2D eigenvalue weighted by Gasteiger charge is 2.23. The normalized spacial score (nSPS) is 28.3. The van der Waals surface area contributed by atoms with Crippen molar-refractivity contribution in [2.45, 2.75) is 44.8 Å². The van der Waals surface area contributed by atoms with Crippen LogP contribution >= 0.6 is 0 Å². The van der Waals surface area contributed by atoms with Crippen molar-refractivity contribution in [3.05, 3.63) is 11.6 Å². The molecule has 1 fully saturated rings. The van der Waals surface area contributed by atoms with E-state index in [0.29, 0.717) is 12.0 Å². The summed E-state index contributed by atoms with van der Waals surface area (Å²) in [7, 11) is 0. The quantitative estimate of drug-likeness (QED) is 0.834. The number of hydrogen-bond acceptors (Lipinski definition) is 4. The highest BCUT2D eigenvalue weighted by molar-refractivity contribution is 4.98. The molecule has 0 amide bonds. The lowest BCUT2D eigenvalue weighted by Gasteiger charge is -2.19. The lowest BCUT2D eigenvalue weighted by atomic mass is 10.0. The molecule has 2 aliphatic rings. The van der Waals surface area contributed by atoms with E-state index in [1.165, 1.54) is 0 Å². The SMILES string of the molecule is OCC1CCc2nc(CC3CCCO3)nn2C1. The summed E-state index contributed by atoms with van der Waals surface area (Å²) < 4.78 is 7.57. The van der Waals surface area contributed by atoms with Gasteiger partial charge < -0.3 is 9.84 Å². The Bertz CT molecular complexity index is 385. The molecule has 1 N–H and O–H groups in total. The van der Waals surface area contributed by atoms with Gasteiger partial charge in [0.15, 0.2) is 5.82 Å². The second-order valence-electron chi connectivity index (χ2n) is 5.05. The molecule has 5 nitrogen and oxygen atoms in total. The first-order valence-corrected chi connectivity index (χ1v) is 6.50. The van der Waals surface area contributed by atoms with Crippen LogP contribution in [-0.4, -0.2) is 39.2 Å². The summed E-state index contributed by atoms with van der Waals surface area (Å²) in [5.41, 5.74) is 0. The summed E-state index contributed by atoms with van der Waals surface area (Å²) >= 11 is 0. The third kappa shape index (κ3) is 2.35. The summed E-state index contributed by atoms with van der Waals surface area (Å²) in [5, 5.41) is 13.7. The molecular weight excluding hydrogens is 218 g/mol. The van der Waals surface area contributed by atoms with Crippen LogP contribution in [0.4, 0.5) is 0 Å². The van der Waals surface area contributed by atoms with Gasteiger partial charge in [-0.15, -0.1) is 0 Å². The first-order valence-electron chi connectivity index (χ1n) is 6.50. The van der Waals surface area contributed by atoms with Crippen molar-refractivity contribution < 1.29 is 9.84 Å². The van der Waals surface area contributed by atoms with Gasteiger partial charge in [0.1, 0.15) is 5.82 Å². The van der Waals surface area contributed by atoms with Gasteiger partial charge >= 0.3 is 0 Å². The van der Waals surface area contributed by atoms with Gasteiger partial charge in [0, 0.05) is 38.5 Å². The van der Waals surface area contributed by atoms with Gasteiger partial charge in [-0.1, -0.05) is 0 Å². The maximum absolute atomic E-state index is 9.17. The molecular formula is C12H19N3O2. The predicted molar refractivity (Wildman–Crippen MR) is 61.6 cm³/mol. The molecule has 17 heavy (non-hydrogen) atoms. The van der Waals surface area contributed by atoms with Gasteiger partial charge in [0.2, 0.25) is 0 Å². The van der Waals surface area contributed by atoms with E-state index in [2.05, 4.69) is 10.1 Å². The van der Waals surface area contributed by atoms with E-state index in [4.69, 9.17) is 4.74 Å². The van der Waals surface area contributed by atoms with Crippen LogP contribution in [0.3, 0.4) is 0 Å². The third-order valence-corrected chi connectivity index (χ3v) is 3.69. The van der Waals surface area contributed by atoms with E-state index in [9.17, 15) is 5.11 Å². The van der Waals surface area contributed by atoms with Crippen molar-refractivity contribution in [1.82, 2.24) is 14.8 Å². The Hall–Kier alpha value is -0.940. The summed E-state index contributed by atoms with van der Waals surface area (Å²) in [5.74, 6) is 2.33. The van der Waals surface area contributed by atoms with E-state index in [1.807, 2.05) is 4.68 Å². The van der Waals surface area contributed by atoms with E-state index < -0.39 is 0 Å². The van der Waals surface area contributed by atoms with Crippen LogP contribution in [0, 0.1) is 5.92 Å².